The number of nitrogens with zero attached hydrogens (tertiary/aromatic N) is 2. The van der Waals surface area contributed by atoms with E-state index in [9.17, 15) is 0 Å². The summed E-state index contributed by atoms with van der Waals surface area (Å²) < 4.78 is 0. The minimum atomic E-state index is 0.161. The van der Waals surface area contributed by atoms with Crippen molar-refractivity contribution in [3.63, 3.8) is 0 Å². The van der Waals surface area contributed by atoms with Crippen molar-refractivity contribution in [2.45, 2.75) is 52.1 Å². The van der Waals surface area contributed by atoms with E-state index in [1.54, 1.807) is 11.3 Å². The lowest BCUT2D eigenvalue weighted by Crippen LogP contribution is -2.28. The number of hydrogen-bond acceptors (Lipinski definition) is 5. The highest BCUT2D eigenvalue weighted by atomic mass is 32.1. The fourth-order valence-electron chi connectivity index (χ4n) is 2.42. The highest BCUT2D eigenvalue weighted by molar-refractivity contribution is 7.12. The third-order valence-corrected chi connectivity index (χ3v) is 5.49. The van der Waals surface area contributed by atoms with Gasteiger partial charge >= 0.3 is 0 Å². The van der Waals surface area contributed by atoms with E-state index in [1.165, 1.54) is 28.4 Å². The van der Waals surface area contributed by atoms with Crippen molar-refractivity contribution in [1.29, 1.82) is 0 Å². The minimum absolute atomic E-state index is 0.161. The summed E-state index contributed by atoms with van der Waals surface area (Å²) in [5.74, 6) is 0. The van der Waals surface area contributed by atoms with Crippen LogP contribution in [-0.2, 0) is 12.8 Å². The first-order chi connectivity index (χ1) is 9.13. The third kappa shape index (κ3) is 2.73. The Morgan fingerprint density at radius 1 is 1.21 bits per heavy atom. The maximum Gasteiger partial charge on any atom is 0.117 e. The van der Waals surface area contributed by atoms with Gasteiger partial charge in [0.25, 0.3) is 0 Å². The average molecular weight is 293 g/mol. The summed E-state index contributed by atoms with van der Waals surface area (Å²) >= 11 is 3.60. The van der Waals surface area contributed by atoms with Gasteiger partial charge in [0.2, 0.25) is 0 Å². The van der Waals surface area contributed by atoms with E-state index in [1.807, 2.05) is 18.3 Å². The van der Waals surface area contributed by atoms with Gasteiger partial charge < -0.3 is 5.32 Å². The first kappa shape index (κ1) is 13.2. The molecular weight excluding hydrogens is 274 g/mol. The van der Waals surface area contributed by atoms with Crippen LogP contribution in [0.2, 0.25) is 0 Å². The first-order valence-electron chi connectivity index (χ1n) is 6.80. The molecule has 19 heavy (non-hydrogen) atoms. The molecule has 1 aliphatic rings. The Morgan fingerprint density at radius 3 is 2.68 bits per heavy atom. The van der Waals surface area contributed by atoms with E-state index < -0.39 is 0 Å². The zero-order valence-corrected chi connectivity index (χ0v) is 13.2. The molecule has 3 rings (SSSR count). The molecular formula is C14H19N3S2. The largest absolute Gasteiger partial charge is 0.300 e. The number of rotatable bonds is 4. The predicted molar refractivity (Wildman–Crippen MR) is 81.1 cm³/mol. The first-order valence-corrected chi connectivity index (χ1v) is 8.49. The van der Waals surface area contributed by atoms with Crippen LogP contribution in [0.25, 0.3) is 0 Å². The Hall–Kier alpha value is -0.780. The minimum Gasteiger partial charge on any atom is -0.300 e. The number of hydrogen-bond donors (Lipinski definition) is 1. The van der Waals surface area contributed by atoms with Crippen LogP contribution in [0.15, 0.2) is 5.38 Å². The maximum atomic E-state index is 4.85. The molecule has 1 aliphatic carbocycles. The van der Waals surface area contributed by atoms with Gasteiger partial charge in [-0.1, -0.05) is 0 Å². The number of aromatic nitrogens is 2. The van der Waals surface area contributed by atoms with E-state index in [0.717, 1.165) is 17.1 Å². The van der Waals surface area contributed by atoms with E-state index >= 15 is 0 Å². The van der Waals surface area contributed by atoms with Gasteiger partial charge in [0.15, 0.2) is 0 Å². The van der Waals surface area contributed by atoms with Gasteiger partial charge in [-0.05, 0) is 40.0 Å². The molecule has 0 amide bonds. The van der Waals surface area contributed by atoms with Crippen LogP contribution in [-0.4, -0.2) is 16.0 Å². The monoisotopic (exact) mass is 293 g/mol. The Balaban J connectivity index is 1.93. The second-order valence-corrected chi connectivity index (χ2v) is 7.36. The van der Waals surface area contributed by atoms with Crippen molar-refractivity contribution in [2.75, 3.05) is 0 Å². The Bertz CT molecular complexity index is 550. The summed E-state index contributed by atoms with van der Waals surface area (Å²) in [5.41, 5.74) is 2.42. The molecule has 0 aromatic carbocycles. The van der Waals surface area contributed by atoms with Gasteiger partial charge in [-0.2, -0.15) is 0 Å². The molecule has 2 heterocycles. The molecule has 1 unspecified atom stereocenters. The highest BCUT2D eigenvalue weighted by Gasteiger charge is 2.25. The van der Waals surface area contributed by atoms with Crippen LogP contribution in [0, 0.1) is 6.92 Å². The summed E-state index contributed by atoms with van der Waals surface area (Å²) in [4.78, 5) is 11.0. The van der Waals surface area contributed by atoms with E-state index in [2.05, 4.69) is 29.5 Å². The van der Waals surface area contributed by atoms with Gasteiger partial charge in [0, 0.05) is 22.0 Å². The molecule has 102 valence electrons. The molecule has 5 heteroatoms. The lowest BCUT2D eigenvalue weighted by molar-refractivity contribution is 0.524. The van der Waals surface area contributed by atoms with Gasteiger partial charge in [-0.15, -0.1) is 22.7 Å². The molecule has 0 spiro atoms. The number of aryl methyl sites for hydroxylation is 3. The van der Waals surface area contributed by atoms with Gasteiger partial charge in [0.1, 0.15) is 16.1 Å². The van der Waals surface area contributed by atoms with Crippen LogP contribution < -0.4 is 5.32 Å². The highest BCUT2D eigenvalue weighted by Crippen LogP contribution is 2.34. The van der Waals surface area contributed by atoms with E-state index in [-0.39, 0.29) is 6.04 Å². The van der Waals surface area contributed by atoms with Gasteiger partial charge in [-0.25, -0.2) is 9.97 Å². The molecule has 1 N–H and O–H groups in total. The van der Waals surface area contributed by atoms with Gasteiger partial charge in [0.05, 0.1) is 5.69 Å². The summed E-state index contributed by atoms with van der Waals surface area (Å²) in [7, 11) is 0. The fraction of sp³-hybridized carbons (Fsp3) is 0.571. The Labute approximate surface area is 122 Å². The third-order valence-electron chi connectivity index (χ3n) is 3.24. The van der Waals surface area contributed by atoms with Crippen LogP contribution >= 0.6 is 22.7 Å². The summed E-state index contributed by atoms with van der Waals surface area (Å²) in [5, 5.41) is 8.05. The average Bonchev–Trinajstić information content (AvgIpc) is 2.99. The standard InChI is InChI=1S/C14H19N3S2/c1-8(2)15-12(13-16-9(3)7-18-13)14-17-10-5-4-6-11(10)19-14/h7-8,12,15H,4-6H2,1-3H3. The Morgan fingerprint density at radius 2 is 2.05 bits per heavy atom. The quantitative estimate of drug-likeness (QED) is 0.938. The van der Waals surface area contributed by atoms with Crippen LogP contribution in [0.5, 0.6) is 0 Å². The molecule has 3 nitrogen and oxygen atoms in total. The molecule has 0 saturated carbocycles. The molecule has 2 aromatic heterocycles. The van der Waals surface area contributed by atoms with Crippen molar-refractivity contribution >= 4 is 22.7 Å². The van der Waals surface area contributed by atoms with Crippen molar-refractivity contribution < 1.29 is 0 Å². The SMILES string of the molecule is Cc1csc(C(NC(C)C)c2nc3c(s2)CCC3)n1. The number of nitrogens with one attached hydrogen (secondary N) is 1. The second kappa shape index (κ2) is 5.31. The molecule has 0 fully saturated rings. The van der Waals surface area contributed by atoms with Crippen molar-refractivity contribution in [3.05, 3.63) is 31.7 Å². The maximum absolute atomic E-state index is 4.85. The molecule has 1 atom stereocenters. The predicted octanol–water partition coefficient (Wildman–Crippen LogP) is 3.48. The Kier molecular flexibility index (Phi) is 3.69. The summed E-state index contributed by atoms with van der Waals surface area (Å²) in [6.07, 6.45) is 3.63. The van der Waals surface area contributed by atoms with Crippen LogP contribution in [0.4, 0.5) is 0 Å². The normalized spacial score (nSPS) is 16.0. The summed E-state index contributed by atoms with van der Waals surface area (Å²) in [6.45, 7) is 6.40. The van der Waals surface area contributed by atoms with Crippen molar-refractivity contribution in [1.82, 2.24) is 15.3 Å². The molecule has 0 aliphatic heterocycles. The lowest BCUT2D eigenvalue weighted by Gasteiger charge is -2.17. The van der Waals surface area contributed by atoms with Crippen molar-refractivity contribution in [3.8, 4) is 0 Å². The van der Waals surface area contributed by atoms with E-state index in [0.29, 0.717) is 6.04 Å². The lowest BCUT2D eigenvalue weighted by atomic mass is 10.2. The molecule has 0 saturated heterocycles. The number of fused-ring (bicyclic) bond motifs is 1. The van der Waals surface area contributed by atoms with Crippen LogP contribution in [0.1, 0.15) is 52.6 Å². The fourth-order valence-corrected chi connectivity index (χ4v) is 4.57. The zero-order valence-electron chi connectivity index (χ0n) is 11.6. The zero-order chi connectivity index (χ0) is 13.4. The smallest absolute Gasteiger partial charge is 0.117 e. The van der Waals surface area contributed by atoms with Crippen LogP contribution in [0.3, 0.4) is 0 Å². The molecule has 0 bridgehead atoms. The number of thiazole rings is 2. The topological polar surface area (TPSA) is 37.8 Å². The molecule has 0 radical (unpaired) electrons. The van der Waals surface area contributed by atoms with Gasteiger partial charge in [-0.3, -0.25) is 0 Å². The molecule has 2 aromatic rings. The van der Waals surface area contributed by atoms with Crippen molar-refractivity contribution in [2.24, 2.45) is 0 Å². The van der Waals surface area contributed by atoms with E-state index in [4.69, 9.17) is 4.98 Å². The summed E-state index contributed by atoms with van der Waals surface area (Å²) in [6, 6.07) is 0.585. The second-order valence-electron chi connectivity index (χ2n) is 5.36.